The van der Waals surface area contributed by atoms with Crippen LogP contribution in [0.4, 0.5) is 0 Å². The maximum Gasteiger partial charge on any atom is 0.326 e. The summed E-state index contributed by atoms with van der Waals surface area (Å²) in [4.78, 5) is 127. The number of carbonyl (C=O) groups excluding carboxylic acids is 7. The molecule has 63 heavy (non-hydrogen) atoms. The number of carbonyl (C=O) groups is 10. The number of rotatable bonds is 25. The van der Waals surface area contributed by atoms with Crippen molar-refractivity contribution in [3.8, 4) is 0 Å². The molecule has 0 aliphatic rings. The second kappa shape index (κ2) is 25.4. The smallest absolute Gasteiger partial charge is 0.326 e. The Labute approximate surface area is 367 Å². The van der Waals surface area contributed by atoms with Crippen LogP contribution in [-0.4, -0.2) is 128 Å². The van der Waals surface area contributed by atoms with Gasteiger partial charge in [-0.3, -0.25) is 43.2 Å². The number of carboxylic acids is 3. The molecule has 11 N–H and O–H groups in total. The second-order valence-electron chi connectivity index (χ2n) is 15.1. The number of aliphatic hydroxyl groups excluding tert-OH is 1. The van der Waals surface area contributed by atoms with Gasteiger partial charge in [0, 0.05) is 24.8 Å². The molecular weight excluding hydrogens is 850 g/mol. The zero-order valence-corrected chi connectivity index (χ0v) is 35.9. The van der Waals surface area contributed by atoms with Gasteiger partial charge in [-0.2, -0.15) is 0 Å². The summed E-state index contributed by atoms with van der Waals surface area (Å²) in [5, 5.41) is 55.7. The summed E-state index contributed by atoms with van der Waals surface area (Å²) in [6, 6.07) is 3.50. The molecule has 0 aliphatic carbocycles. The number of carboxylic acid groups (broad SMARTS) is 3. The number of benzene rings is 2. The van der Waals surface area contributed by atoms with Crippen molar-refractivity contribution >= 4 is 70.9 Å². The van der Waals surface area contributed by atoms with Crippen LogP contribution in [0.1, 0.15) is 65.0 Å². The fourth-order valence-electron chi connectivity index (χ4n) is 5.97. The van der Waals surface area contributed by atoms with Crippen molar-refractivity contribution in [2.75, 3.05) is 0 Å². The fourth-order valence-corrected chi connectivity index (χ4v) is 6.10. The van der Waals surface area contributed by atoms with Gasteiger partial charge in [0.05, 0.1) is 18.9 Å². The number of hydrogen-bond acceptors (Lipinski definition) is 11. The standard InChI is InChI=1S/C41H54ClN7O14/c1-20(2)15-27(47-40(61)34(22(4)50)49-39(60)28(44-23(5)51)16-24-9-7-6-8-10-24)37(58)46-29(18-32(52)53)36(57)43-21(3)35(56)45-30(19-33(54)55)38(59)48-31(41(62)63)17-25-11-13-26(42)14-12-25/h6-14,20-22,27-31,34,50H,15-19H2,1-5H3,(H,43,57)(H,44,51)(H,45,56)(H,46,58)(H,47,61)(H,48,59)(H,49,60)(H,52,53)(H,54,55)(H,62,63)/t21-,22-,27-,28-,29-,30-,31-,34-/m0/s1. The monoisotopic (exact) mass is 903 g/mol. The third-order valence-corrected chi connectivity index (χ3v) is 9.37. The van der Waals surface area contributed by atoms with Gasteiger partial charge in [-0.05, 0) is 49.4 Å². The first-order valence-corrected chi connectivity index (χ1v) is 20.1. The molecule has 0 aliphatic heterocycles. The molecule has 344 valence electrons. The van der Waals surface area contributed by atoms with Crippen molar-refractivity contribution in [2.45, 2.75) is 115 Å². The topological polar surface area (TPSA) is 336 Å². The average Bonchev–Trinajstić information content (AvgIpc) is 3.18. The van der Waals surface area contributed by atoms with Gasteiger partial charge in [0.2, 0.25) is 41.4 Å². The highest BCUT2D eigenvalue weighted by molar-refractivity contribution is 6.30. The molecule has 8 atom stereocenters. The van der Waals surface area contributed by atoms with Crippen LogP contribution in [0.3, 0.4) is 0 Å². The van der Waals surface area contributed by atoms with Gasteiger partial charge in [-0.25, -0.2) is 4.79 Å². The number of halogens is 1. The largest absolute Gasteiger partial charge is 0.481 e. The second-order valence-corrected chi connectivity index (χ2v) is 15.6. The fraction of sp³-hybridized carbons (Fsp3) is 0.463. The third kappa shape index (κ3) is 18.9. The van der Waals surface area contributed by atoms with Gasteiger partial charge in [0.25, 0.3) is 0 Å². The minimum Gasteiger partial charge on any atom is -0.481 e. The van der Waals surface area contributed by atoms with Crippen molar-refractivity contribution in [3.63, 3.8) is 0 Å². The molecule has 2 aromatic rings. The first kappa shape index (κ1) is 52.5. The predicted octanol–water partition coefficient (Wildman–Crippen LogP) is -0.980. The Morgan fingerprint density at radius 1 is 0.524 bits per heavy atom. The van der Waals surface area contributed by atoms with Crippen molar-refractivity contribution < 1.29 is 68.4 Å². The number of hydrogen-bond donors (Lipinski definition) is 11. The Morgan fingerprint density at radius 2 is 0.968 bits per heavy atom. The maximum absolute atomic E-state index is 13.6. The summed E-state index contributed by atoms with van der Waals surface area (Å²) >= 11 is 5.87. The number of nitrogens with one attached hydrogen (secondary N) is 7. The molecule has 0 aromatic heterocycles. The van der Waals surface area contributed by atoms with Crippen LogP contribution < -0.4 is 37.2 Å². The minimum absolute atomic E-state index is 0.0311. The average molecular weight is 904 g/mol. The van der Waals surface area contributed by atoms with Crippen molar-refractivity contribution in [1.29, 1.82) is 0 Å². The van der Waals surface area contributed by atoms with Crippen molar-refractivity contribution in [2.24, 2.45) is 5.92 Å². The molecular formula is C41H54ClN7O14. The van der Waals surface area contributed by atoms with E-state index in [1.54, 1.807) is 44.2 Å². The molecule has 0 saturated carbocycles. The molecule has 7 amide bonds. The Balaban J connectivity index is 2.21. The van der Waals surface area contributed by atoms with Crippen LogP contribution >= 0.6 is 11.6 Å². The van der Waals surface area contributed by atoms with E-state index in [1.807, 2.05) is 0 Å². The molecule has 0 fully saturated rings. The van der Waals surface area contributed by atoms with E-state index in [0.717, 1.165) is 6.92 Å². The SMILES string of the molecule is CC(=O)N[C@@H](Cc1ccccc1)C(=O)N[C@H](C(=O)N[C@@H](CC(C)C)C(=O)N[C@@H](CC(=O)O)C(=O)N[C@@H](C)C(=O)N[C@@H](CC(=O)O)C(=O)N[C@@H](Cc1ccc(Cl)cc1)C(=O)O)[C@H](C)O. The van der Waals surface area contributed by atoms with Gasteiger partial charge < -0.3 is 57.6 Å². The van der Waals surface area contributed by atoms with Crippen LogP contribution in [-0.2, 0) is 60.8 Å². The van der Waals surface area contributed by atoms with E-state index in [9.17, 15) is 68.4 Å². The molecule has 22 heteroatoms. The van der Waals surface area contributed by atoms with Gasteiger partial charge in [0.1, 0.15) is 42.3 Å². The Hall–Kier alpha value is -6.61. The Bertz CT molecular complexity index is 1970. The summed E-state index contributed by atoms with van der Waals surface area (Å²) < 4.78 is 0. The number of aliphatic carboxylic acids is 3. The normalized spacial score (nSPS) is 14.7. The minimum atomic E-state index is -1.87. The number of aliphatic hydroxyl groups is 1. The Morgan fingerprint density at radius 3 is 1.46 bits per heavy atom. The van der Waals surface area contributed by atoms with Crippen LogP contribution in [0, 0.1) is 5.92 Å². The highest BCUT2D eigenvalue weighted by Crippen LogP contribution is 2.13. The lowest BCUT2D eigenvalue weighted by molar-refractivity contribution is -0.143. The molecule has 0 saturated heterocycles. The predicted molar refractivity (Wildman–Crippen MR) is 223 cm³/mol. The van der Waals surface area contributed by atoms with E-state index >= 15 is 0 Å². The molecule has 2 aromatic carbocycles. The molecule has 0 spiro atoms. The summed E-state index contributed by atoms with van der Waals surface area (Å²) in [5.41, 5.74) is 1.14. The summed E-state index contributed by atoms with van der Waals surface area (Å²) in [6.07, 6.45) is -3.85. The van der Waals surface area contributed by atoms with Crippen molar-refractivity contribution in [3.05, 3.63) is 70.7 Å². The van der Waals surface area contributed by atoms with E-state index in [2.05, 4.69) is 37.2 Å². The van der Waals surface area contributed by atoms with Gasteiger partial charge in [-0.1, -0.05) is 67.9 Å². The maximum atomic E-state index is 13.6. The first-order chi connectivity index (χ1) is 29.5. The molecule has 21 nitrogen and oxygen atoms in total. The van der Waals surface area contributed by atoms with E-state index in [-0.39, 0.29) is 25.2 Å². The highest BCUT2D eigenvalue weighted by Gasteiger charge is 2.35. The van der Waals surface area contributed by atoms with Gasteiger partial charge >= 0.3 is 17.9 Å². The molecule has 0 bridgehead atoms. The Kier molecular flexibility index (Phi) is 21.1. The van der Waals surface area contributed by atoms with Gasteiger partial charge in [0.15, 0.2) is 0 Å². The first-order valence-electron chi connectivity index (χ1n) is 19.7. The molecule has 0 radical (unpaired) electrons. The lowest BCUT2D eigenvalue weighted by Crippen LogP contribution is -2.61. The zero-order valence-electron chi connectivity index (χ0n) is 35.2. The summed E-state index contributed by atoms with van der Waals surface area (Å²) in [6.45, 7) is 6.86. The molecule has 0 unspecified atom stereocenters. The van der Waals surface area contributed by atoms with Gasteiger partial charge in [-0.15, -0.1) is 0 Å². The van der Waals surface area contributed by atoms with Crippen LogP contribution in [0.2, 0.25) is 5.02 Å². The lowest BCUT2D eigenvalue weighted by atomic mass is 10.0. The van der Waals surface area contributed by atoms with E-state index < -0.39 is 120 Å². The zero-order chi connectivity index (χ0) is 47.6. The van der Waals surface area contributed by atoms with Crippen LogP contribution in [0.5, 0.6) is 0 Å². The van der Waals surface area contributed by atoms with E-state index in [4.69, 9.17) is 11.6 Å². The lowest BCUT2D eigenvalue weighted by Gasteiger charge is -2.28. The highest BCUT2D eigenvalue weighted by atomic mass is 35.5. The summed E-state index contributed by atoms with van der Waals surface area (Å²) in [5.74, 6) is -11.9. The molecule has 2 rings (SSSR count). The quantitative estimate of drug-likeness (QED) is 0.0571. The van der Waals surface area contributed by atoms with Crippen LogP contribution in [0.25, 0.3) is 0 Å². The van der Waals surface area contributed by atoms with E-state index in [0.29, 0.717) is 16.1 Å². The van der Waals surface area contributed by atoms with Crippen molar-refractivity contribution in [1.82, 2.24) is 37.2 Å². The number of amides is 7. The van der Waals surface area contributed by atoms with Crippen LogP contribution in [0.15, 0.2) is 54.6 Å². The third-order valence-electron chi connectivity index (χ3n) is 9.12. The molecule has 0 heterocycles. The summed E-state index contributed by atoms with van der Waals surface area (Å²) in [7, 11) is 0. The van der Waals surface area contributed by atoms with E-state index in [1.165, 1.54) is 38.1 Å².